The van der Waals surface area contributed by atoms with E-state index in [0.717, 1.165) is 11.3 Å². The molecule has 0 amide bonds. The van der Waals surface area contributed by atoms with Gasteiger partial charge < -0.3 is 15.8 Å². The second-order valence-corrected chi connectivity index (χ2v) is 3.05. The molecule has 0 saturated carbocycles. The molecule has 0 aliphatic rings. The third-order valence-corrected chi connectivity index (χ3v) is 2.03. The van der Waals surface area contributed by atoms with Gasteiger partial charge in [-0.25, -0.2) is 0 Å². The van der Waals surface area contributed by atoms with Crippen molar-refractivity contribution in [3.63, 3.8) is 0 Å². The minimum Gasteiger partial charge on any atom is -0.492 e. The molecule has 3 N–H and O–H groups in total. The molecule has 0 saturated heterocycles. The first-order valence-corrected chi connectivity index (χ1v) is 4.89. The van der Waals surface area contributed by atoms with Crippen LogP contribution in [-0.4, -0.2) is 26.9 Å². The molecule has 0 unspecified atom stereocenters. The van der Waals surface area contributed by atoms with Crippen molar-refractivity contribution in [1.29, 1.82) is 0 Å². The van der Waals surface area contributed by atoms with Gasteiger partial charge in [0, 0.05) is 37.6 Å². The van der Waals surface area contributed by atoms with E-state index in [4.69, 9.17) is 10.5 Å². The number of nitrogens with one attached hydrogen (secondary N) is 1. The van der Waals surface area contributed by atoms with Gasteiger partial charge in [-0.1, -0.05) is 0 Å². The third-order valence-electron chi connectivity index (χ3n) is 2.03. The Morgan fingerprint density at radius 1 is 1.53 bits per heavy atom. The predicted molar refractivity (Wildman–Crippen MR) is 65.1 cm³/mol. The quantitative estimate of drug-likeness (QED) is 0.584. The first kappa shape index (κ1) is 11.4. The van der Waals surface area contributed by atoms with Crippen LogP contribution in [0.2, 0.25) is 0 Å². The Morgan fingerprint density at radius 3 is 2.80 bits per heavy atom. The van der Waals surface area contributed by atoms with Crippen molar-refractivity contribution in [2.75, 3.05) is 31.8 Å². The van der Waals surface area contributed by atoms with Gasteiger partial charge in [0.2, 0.25) is 0 Å². The number of hydrogen-bond acceptors (Lipinski definition) is 4. The van der Waals surface area contributed by atoms with Gasteiger partial charge in [-0.2, -0.15) is 0 Å². The predicted octanol–water partition coefficient (Wildman–Crippen LogP) is 1.76. The molecule has 0 aliphatic heterocycles. The fourth-order valence-electron chi connectivity index (χ4n) is 1.31. The van der Waals surface area contributed by atoms with E-state index in [9.17, 15) is 0 Å². The molecule has 0 bridgehead atoms. The van der Waals surface area contributed by atoms with Crippen molar-refractivity contribution in [3.8, 4) is 5.75 Å². The summed E-state index contributed by atoms with van der Waals surface area (Å²) < 4.78 is 5.44. The van der Waals surface area contributed by atoms with E-state index in [1.165, 1.54) is 0 Å². The van der Waals surface area contributed by atoms with E-state index in [2.05, 4.69) is 10.3 Å². The maximum atomic E-state index is 5.94. The van der Waals surface area contributed by atoms with Crippen molar-refractivity contribution in [2.45, 2.75) is 6.92 Å². The lowest BCUT2D eigenvalue weighted by atomic mass is 10.1. The lowest BCUT2D eigenvalue weighted by Gasteiger charge is -2.11. The minimum absolute atomic E-state index is 0.597. The van der Waals surface area contributed by atoms with Gasteiger partial charge in [0.1, 0.15) is 5.75 Å². The topological polar surface area (TPSA) is 59.6 Å². The minimum atomic E-state index is 0.597. The van der Waals surface area contributed by atoms with Gasteiger partial charge in [0.25, 0.3) is 0 Å². The van der Waals surface area contributed by atoms with Crippen molar-refractivity contribution in [3.05, 3.63) is 17.7 Å². The highest BCUT2D eigenvalue weighted by molar-refractivity contribution is 5.91. The van der Waals surface area contributed by atoms with E-state index < -0.39 is 0 Å². The Hall–Kier alpha value is -1.71. The van der Waals surface area contributed by atoms with Crippen LogP contribution in [0, 0.1) is 0 Å². The molecule has 82 valence electrons. The molecule has 4 nitrogen and oxygen atoms in total. The summed E-state index contributed by atoms with van der Waals surface area (Å²) >= 11 is 0. The van der Waals surface area contributed by atoms with Gasteiger partial charge in [0.05, 0.1) is 12.3 Å². The molecule has 4 heteroatoms. The lowest BCUT2D eigenvalue weighted by Crippen LogP contribution is -2.02. The number of nitrogen functional groups attached to an aromatic ring is 1. The second kappa shape index (κ2) is 5.24. The molecule has 1 aromatic carbocycles. The fraction of sp³-hybridized carbons (Fsp3) is 0.364. The highest BCUT2D eigenvalue weighted by atomic mass is 16.5. The molecule has 0 aliphatic carbocycles. The summed E-state index contributed by atoms with van der Waals surface area (Å²) in [4.78, 5) is 3.96. The standard InChI is InChI=1S/C11H17N3O/c1-4-15-10-6-9(14-3)5-8(7-13-2)11(10)12/h5-7,14H,4,12H2,1-3H3. The Labute approximate surface area is 90.2 Å². The number of hydrogen-bond donors (Lipinski definition) is 2. The largest absolute Gasteiger partial charge is 0.492 e. The lowest BCUT2D eigenvalue weighted by molar-refractivity contribution is 0.342. The van der Waals surface area contributed by atoms with Crippen LogP contribution in [0.5, 0.6) is 5.75 Å². The average molecular weight is 207 g/mol. The van der Waals surface area contributed by atoms with E-state index in [1.807, 2.05) is 26.1 Å². The monoisotopic (exact) mass is 207 g/mol. The number of benzene rings is 1. The van der Waals surface area contributed by atoms with Crippen LogP contribution in [-0.2, 0) is 0 Å². The maximum Gasteiger partial charge on any atom is 0.144 e. The van der Waals surface area contributed by atoms with Crippen LogP contribution in [0.1, 0.15) is 12.5 Å². The number of aliphatic imine (C=N–C) groups is 1. The van der Waals surface area contributed by atoms with Gasteiger partial charge >= 0.3 is 0 Å². The SMILES string of the molecule is CCOc1cc(NC)cc(C=NC)c1N. The molecule has 0 heterocycles. The van der Waals surface area contributed by atoms with E-state index in [0.29, 0.717) is 18.0 Å². The Balaban J connectivity index is 3.20. The van der Waals surface area contributed by atoms with Gasteiger partial charge in [-0.05, 0) is 13.0 Å². The first-order chi connectivity index (χ1) is 7.22. The molecular formula is C11H17N3O. The van der Waals surface area contributed by atoms with Crippen molar-refractivity contribution < 1.29 is 4.74 Å². The molecule has 0 spiro atoms. The normalized spacial score (nSPS) is 10.6. The molecule has 0 aromatic heterocycles. The highest BCUT2D eigenvalue weighted by Crippen LogP contribution is 2.29. The summed E-state index contributed by atoms with van der Waals surface area (Å²) in [7, 11) is 3.57. The fourth-order valence-corrected chi connectivity index (χ4v) is 1.31. The Morgan fingerprint density at radius 2 is 2.27 bits per heavy atom. The zero-order valence-corrected chi connectivity index (χ0v) is 9.37. The molecule has 0 atom stereocenters. The highest BCUT2D eigenvalue weighted by Gasteiger charge is 2.06. The summed E-state index contributed by atoms with van der Waals surface area (Å²) in [6, 6.07) is 3.82. The van der Waals surface area contributed by atoms with E-state index in [1.54, 1.807) is 13.3 Å². The van der Waals surface area contributed by atoms with Crippen LogP contribution in [0.3, 0.4) is 0 Å². The third kappa shape index (κ3) is 2.62. The zero-order chi connectivity index (χ0) is 11.3. The molecule has 15 heavy (non-hydrogen) atoms. The first-order valence-electron chi connectivity index (χ1n) is 4.89. The zero-order valence-electron chi connectivity index (χ0n) is 9.37. The number of anilines is 2. The second-order valence-electron chi connectivity index (χ2n) is 3.05. The molecule has 1 rings (SSSR count). The van der Waals surface area contributed by atoms with Gasteiger partial charge in [-0.3, -0.25) is 4.99 Å². The van der Waals surface area contributed by atoms with Crippen molar-refractivity contribution in [2.24, 2.45) is 4.99 Å². The van der Waals surface area contributed by atoms with Gasteiger partial charge in [0.15, 0.2) is 0 Å². The maximum absolute atomic E-state index is 5.94. The van der Waals surface area contributed by atoms with Crippen LogP contribution >= 0.6 is 0 Å². The molecule has 0 fully saturated rings. The van der Waals surface area contributed by atoms with E-state index in [-0.39, 0.29) is 0 Å². The average Bonchev–Trinajstić information content (AvgIpc) is 2.24. The van der Waals surface area contributed by atoms with Crippen molar-refractivity contribution >= 4 is 17.6 Å². The summed E-state index contributed by atoms with van der Waals surface area (Å²) in [6.45, 7) is 2.53. The summed E-state index contributed by atoms with van der Waals surface area (Å²) in [6.07, 6.45) is 1.72. The van der Waals surface area contributed by atoms with Crippen LogP contribution in [0.15, 0.2) is 17.1 Å². The molecule has 0 radical (unpaired) electrons. The molecular weight excluding hydrogens is 190 g/mol. The van der Waals surface area contributed by atoms with E-state index >= 15 is 0 Å². The Bertz CT molecular complexity index is 361. The number of rotatable bonds is 4. The van der Waals surface area contributed by atoms with Crippen LogP contribution in [0.25, 0.3) is 0 Å². The smallest absolute Gasteiger partial charge is 0.144 e. The number of ether oxygens (including phenoxy) is 1. The van der Waals surface area contributed by atoms with Gasteiger partial charge in [-0.15, -0.1) is 0 Å². The number of nitrogens with zero attached hydrogens (tertiary/aromatic N) is 1. The summed E-state index contributed by atoms with van der Waals surface area (Å²) in [5.74, 6) is 0.694. The van der Waals surface area contributed by atoms with Crippen LogP contribution in [0.4, 0.5) is 11.4 Å². The van der Waals surface area contributed by atoms with Crippen molar-refractivity contribution in [1.82, 2.24) is 0 Å². The van der Waals surface area contributed by atoms with Crippen LogP contribution < -0.4 is 15.8 Å². The molecule has 1 aromatic rings. The summed E-state index contributed by atoms with van der Waals surface area (Å²) in [5, 5.41) is 3.05. The summed E-state index contributed by atoms with van der Waals surface area (Å²) in [5.41, 5.74) is 8.39. The number of nitrogens with two attached hydrogens (primary N) is 1. The Kier molecular flexibility index (Phi) is 3.97.